The zero-order chi connectivity index (χ0) is 41.4. The summed E-state index contributed by atoms with van der Waals surface area (Å²) in [7, 11) is 0. The Kier molecular flexibility index (Phi) is 7.80. The lowest BCUT2D eigenvalue weighted by Crippen LogP contribution is -1.98. The summed E-state index contributed by atoms with van der Waals surface area (Å²) in [5, 5.41) is 8.52. The first-order valence-corrected chi connectivity index (χ1v) is 21.3. The zero-order valence-electron chi connectivity index (χ0n) is 34.0. The molecule has 0 aliphatic rings. The molecule has 0 spiro atoms. The summed E-state index contributed by atoms with van der Waals surface area (Å²) in [5.41, 5.74) is 14.2. The fourth-order valence-electron chi connectivity index (χ4n) is 9.75. The summed E-state index contributed by atoms with van der Waals surface area (Å²) in [5.74, 6) is 0.689. The molecule has 0 unspecified atom stereocenters. The lowest BCUT2D eigenvalue weighted by molar-refractivity contribution is 1.11. The second kappa shape index (κ2) is 14.0. The van der Waals surface area contributed by atoms with Crippen molar-refractivity contribution in [3.8, 4) is 61.7 Å². The number of aromatic nitrogens is 6. The SMILES string of the molecule is c1ccc(-c2c(-c3ccccc3)n(-c3ccc(-c4cn5ccccc5n4)cc3)c3c4ccccc4c4cc(-c5ccc(-c6cn7cccnc7n6)cc5)c5ccccc5c4c23)cc1. The standard InChI is InChI=1S/C57H36N6/c1-3-14-40(15-4-1)52-54-53-45-20-9-7-18-43(45)47(37-23-25-38(26-24-37)50-36-62-33-13-31-58-57(62)60-50)34-48(53)44-19-8-10-21-46(44)56(54)63(55(52)41-16-5-2-6-17-41)42-29-27-39(28-30-42)49-35-61-32-12-11-22-51(61)59-49/h1-36H. The molecule has 8 aromatic carbocycles. The van der Waals surface area contributed by atoms with E-state index in [0.717, 1.165) is 50.7 Å². The maximum Gasteiger partial charge on any atom is 0.234 e. The van der Waals surface area contributed by atoms with Gasteiger partial charge in [0.15, 0.2) is 0 Å². The fraction of sp³-hybridized carbons (Fsp3) is 0. The lowest BCUT2D eigenvalue weighted by atomic mass is 9.87. The van der Waals surface area contributed by atoms with E-state index in [1.54, 1.807) is 6.20 Å². The van der Waals surface area contributed by atoms with E-state index in [2.05, 4.69) is 184 Å². The highest BCUT2D eigenvalue weighted by molar-refractivity contribution is 6.36. The molecule has 63 heavy (non-hydrogen) atoms. The molecule has 0 aliphatic carbocycles. The van der Waals surface area contributed by atoms with E-state index < -0.39 is 0 Å². The third-order valence-corrected chi connectivity index (χ3v) is 12.6. The first-order valence-electron chi connectivity index (χ1n) is 21.3. The van der Waals surface area contributed by atoms with Crippen molar-refractivity contribution in [1.29, 1.82) is 0 Å². The Morgan fingerprint density at radius 2 is 1.00 bits per heavy atom. The number of nitrogens with zero attached hydrogens (tertiary/aromatic N) is 6. The van der Waals surface area contributed by atoms with Crippen LogP contribution in [0.5, 0.6) is 0 Å². The summed E-state index contributed by atoms with van der Waals surface area (Å²) in [4.78, 5) is 14.2. The summed E-state index contributed by atoms with van der Waals surface area (Å²) in [6, 6.07) is 67.9. The van der Waals surface area contributed by atoms with Crippen LogP contribution in [-0.4, -0.2) is 28.3 Å². The third kappa shape index (κ3) is 5.55. The summed E-state index contributed by atoms with van der Waals surface area (Å²) in [6.07, 6.45) is 9.94. The third-order valence-electron chi connectivity index (χ3n) is 12.6. The molecule has 6 nitrogen and oxygen atoms in total. The molecule has 0 amide bonds. The molecule has 0 atom stereocenters. The second-order valence-corrected chi connectivity index (χ2v) is 16.1. The van der Waals surface area contributed by atoms with Gasteiger partial charge in [-0.05, 0) is 80.2 Å². The maximum absolute atomic E-state index is 4.95. The molecule has 13 aromatic rings. The molecular weight excluding hydrogens is 769 g/mol. The van der Waals surface area contributed by atoms with E-state index in [9.17, 15) is 0 Å². The van der Waals surface area contributed by atoms with E-state index >= 15 is 0 Å². The van der Waals surface area contributed by atoms with Crippen molar-refractivity contribution in [3.05, 3.63) is 219 Å². The first kappa shape index (κ1) is 35.2. The molecule has 0 saturated heterocycles. The van der Waals surface area contributed by atoms with Gasteiger partial charge in [0.2, 0.25) is 5.78 Å². The average Bonchev–Trinajstić information content (AvgIpc) is 4.09. The highest BCUT2D eigenvalue weighted by Crippen LogP contribution is 2.51. The van der Waals surface area contributed by atoms with Crippen molar-refractivity contribution >= 4 is 54.6 Å². The Bertz CT molecular complexity index is 3810. The topological polar surface area (TPSA) is 52.4 Å². The van der Waals surface area contributed by atoms with E-state index in [0.29, 0.717) is 5.78 Å². The number of hydrogen-bond donors (Lipinski definition) is 0. The van der Waals surface area contributed by atoms with Crippen LogP contribution in [-0.2, 0) is 0 Å². The molecule has 294 valence electrons. The molecular formula is C57H36N6. The van der Waals surface area contributed by atoms with Gasteiger partial charge < -0.3 is 8.97 Å². The van der Waals surface area contributed by atoms with Crippen LogP contribution in [0.1, 0.15) is 0 Å². The van der Waals surface area contributed by atoms with Crippen molar-refractivity contribution in [2.24, 2.45) is 0 Å². The number of benzene rings is 8. The van der Waals surface area contributed by atoms with Crippen LogP contribution in [0.15, 0.2) is 219 Å². The van der Waals surface area contributed by atoms with Gasteiger partial charge in [0, 0.05) is 69.5 Å². The number of hydrogen-bond acceptors (Lipinski definition) is 3. The average molecular weight is 805 g/mol. The second-order valence-electron chi connectivity index (χ2n) is 16.1. The van der Waals surface area contributed by atoms with Crippen LogP contribution in [0.25, 0.3) is 116 Å². The Morgan fingerprint density at radius 3 is 1.75 bits per heavy atom. The normalized spacial score (nSPS) is 11.8. The van der Waals surface area contributed by atoms with Crippen LogP contribution < -0.4 is 0 Å². The van der Waals surface area contributed by atoms with Crippen LogP contribution >= 0.6 is 0 Å². The predicted octanol–water partition coefficient (Wildman–Crippen LogP) is 14.1. The Hall–Kier alpha value is -8.61. The highest BCUT2D eigenvalue weighted by Gasteiger charge is 2.27. The van der Waals surface area contributed by atoms with E-state index in [4.69, 9.17) is 9.97 Å². The van der Waals surface area contributed by atoms with Crippen LogP contribution in [0, 0.1) is 0 Å². The van der Waals surface area contributed by atoms with Gasteiger partial charge in [0.1, 0.15) is 5.65 Å². The molecule has 0 aliphatic heterocycles. The fourth-order valence-corrected chi connectivity index (χ4v) is 9.75. The van der Waals surface area contributed by atoms with Crippen molar-refractivity contribution in [3.63, 3.8) is 0 Å². The molecule has 0 fully saturated rings. The molecule has 5 heterocycles. The van der Waals surface area contributed by atoms with Crippen LogP contribution in [0.2, 0.25) is 0 Å². The molecule has 0 radical (unpaired) electrons. The van der Waals surface area contributed by atoms with Crippen molar-refractivity contribution in [2.75, 3.05) is 0 Å². The summed E-state index contributed by atoms with van der Waals surface area (Å²) < 4.78 is 6.55. The van der Waals surface area contributed by atoms with Gasteiger partial charge in [-0.1, -0.05) is 152 Å². The van der Waals surface area contributed by atoms with Gasteiger partial charge in [-0.25, -0.2) is 15.0 Å². The van der Waals surface area contributed by atoms with Crippen LogP contribution in [0.3, 0.4) is 0 Å². The minimum Gasteiger partial charge on any atom is -0.308 e. The minimum atomic E-state index is 0.689. The highest BCUT2D eigenvalue weighted by atomic mass is 15.1. The minimum absolute atomic E-state index is 0.689. The van der Waals surface area contributed by atoms with Crippen molar-refractivity contribution in [2.45, 2.75) is 0 Å². The zero-order valence-corrected chi connectivity index (χ0v) is 34.0. The number of imidazole rings is 2. The Labute approximate surface area is 362 Å². The quantitative estimate of drug-likeness (QED) is 0.157. The molecule has 0 saturated carbocycles. The van der Waals surface area contributed by atoms with Gasteiger partial charge in [0.25, 0.3) is 0 Å². The molecule has 0 N–H and O–H groups in total. The molecule has 13 rings (SSSR count). The number of rotatable bonds is 6. The monoisotopic (exact) mass is 804 g/mol. The largest absolute Gasteiger partial charge is 0.308 e. The molecule has 6 heteroatoms. The summed E-state index contributed by atoms with van der Waals surface area (Å²) >= 11 is 0. The van der Waals surface area contributed by atoms with Gasteiger partial charge in [-0.15, -0.1) is 0 Å². The van der Waals surface area contributed by atoms with Crippen LogP contribution in [0.4, 0.5) is 0 Å². The van der Waals surface area contributed by atoms with E-state index in [1.807, 2.05) is 47.3 Å². The van der Waals surface area contributed by atoms with Gasteiger partial charge in [-0.3, -0.25) is 4.40 Å². The van der Waals surface area contributed by atoms with Crippen molar-refractivity contribution < 1.29 is 0 Å². The smallest absolute Gasteiger partial charge is 0.234 e. The molecule has 0 bridgehead atoms. The van der Waals surface area contributed by atoms with E-state index in [1.165, 1.54) is 59.9 Å². The molecule has 5 aromatic heterocycles. The van der Waals surface area contributed by atoms with Gasteiger partial charge in [-0.2, -0.15) is 0 Å². The predicted molar refractivity (Wildman–Crippen MR) is 258 cm³/mol. The lowest BCUT2D eigenvalue weighted by Gasteiger charge is -2.17. The maximum atomic E-state index is 4.95. The van der Waals surface area contributed by atoms with Gasteiger partial charge in [0.05, 0.1) is 22.6 Å². The number of pyridine rings is 1. The Balaban J connectivity index is 1.12. The Morgan fingerprint density at radius 1 is 0.397 bits per heavy atom. The first-order chi connectivity index (χ1) is 31.2. The van der Waals surface area contributed by atoms with Crippen molar-refractivity contribution in [1.82, 2.24) is 28.3 Å². The summed E-state index contributed by atoms with van der Waals surface area (Å²) in [6.45, 7) is 0. The van der Waals surface area contributed by atoms with E-state index in [-0.39, 0.29) is 0 Å². The number of fused-ring (bicyclic) bond motifs is 10. The van der Waals surface area contributed by atoms with Gasteiger partial charge >= 0.3 is 0 Å².